The van der Waals surface area contributed by atoms with Crippen LogP contribution in [-0.2, 0) is 9.59 Å². The molecule has 0 aromatic heterocycles. The average Bonchev–Trinajstić information content (AvgIpc) is 2.22. The summed E-state index contributed by atoms with van der Waals surface area (Å²) >= 11 is 0. The molecule has 7 heteroatoms. The first-order valence-electron chi connectivity index (χ1n) is 5.24. The molecule has 0 unspecified atom stereocenters. The van der Waals surface area contributed by atoms with Gasteiger partial charge in [-0.15, -0.1) is 0 Å². The molecule has 98 valence electrons. The number of carbonyl (C=O) groups is 3. The first-order valence-corrected chi connectivity index (χ1v) is 5.24. The fourth-order valence-corrected chi connectivity index (χ4v) is 0.949. The molecule has 3 amide bonds. The largest absolute Gasteiger partial charge is 0.481 e. The Balaban J connectivity index is 3.90. The number of carbonyl (C=O) groups excluding carboxylic acids is 2. The van der Waals surface area contributed by atoms with Gasteiger partial charge < -0.3 is 14.9 Å². The van der Waals surface area contributed by atoms with Crippen molar-refractivity contribution >= 4 is 17.9 Å². The summed E-state index contributed by atoms with van der Waals surface area (Å²) < 4.78 is 0. The van der Waals surface area contributed by atoms with Crippen LogP contribution in [0.4, 0.5) is 4.79 Å². The van der Waals surface area contributed by atoms with E-state index in [1.807, 2.05) is 19.0 Å². The Morgan fingerprint density at radius 3 is 2.12 bits per heavy atom. The Labute approximate surface area is 100 Å². The quantitative estimate of drug-likeness (QED) is 0.663. The van der Waals surface area contributed by atoms with Crippen LogP contribution in [0.2, 0.25) is 0 Å². The van der Waals surface area contributed by atoms with Crippen LogP contribution in [0.15, 0.2) is 0 Å². The van der Waals surface area contributed by atoms with Gasteiger partial charge in [0.2, 0.25) is 5.91 Å². The fourth-order valence-electron chi connectivity index (χ4n) is 0.949. The number of nitrogens with one attached hydrogen (secondary N) is 1. The molecule has 17 heavy (non-hydrogen) atoms. The number of hydrogen-bond donors (Lipinski definition) is 2. The summed E-state index contributed by atoms with van der Waals surface area (Å²) in [6, 6.07) is -0.512. The molecule has 0 heterocycles. The molecule has 0 radical (unpaired) electrons. The summed E-state index contributed by atoms with van der Waals surface area (Å²) in [5.74, 6) is -1.64. The van der Waals surface area contributed by atoms with Gasteiger partial charge in [0.25, 0.3) is 0 Å². The molecule has 0 atom stereocenters. The van der Waals surface area contributed by atoms with Crippen LogP contribution >= 0.6 is 0 Å². The normalized spacial score (nSPS) is 10.1. The van der Waals surface area contributed by atoms with Crippen molar-refractivity contribution in [3.05, 3.63) is 0 Å². The maximum Gasteiger partial charge on any atom is 0.323 e. The van der Waals surface area contributed by atoms with Gasteiger partial charge in [-0.05, 0) is 14.1 Å². The number of hydrogen-bond acceptors (Lipinski definition) is 4. The van der Waals surface area contributed by atoms with Gasteiger partial charge >= 0.3 is 12.0 Å². The second-order valence-electron chi connectivity index (χ2n) is 3.97. The van der Waals surface area contributed by atoms with Gasteiger partial charge in [0.1, 0.15) is 0 Å². The number of carboxylic acids is 1. The van der Waals surface area contributed by atoms with Crippen molar-refractivity contribution in [2.45, 2.75) is 12.8 Å². The second-order valence-corrected chi connectivity index (χ2v) is 3.97. The molecule has 0 bridgehead atoms. The Morgan fingerprint density at radius 2 is 1.65 bits per heavy atom. The topological polar surface area (TPSA) is 90.0 Å². The molecule has 0 saturated heterocycles. The second kappa shape index (κ2) is 7.61. The van der Waals surface area contributed by atoms with E-state index in [9.17, 15) is 14.4 Å². The maximum absolute atomic E-state index is 11.4. The van der Waals surface area contributed by atoms with Crippen LogP contribution in [0.25, 0.3) is 0 Å². The molecule has 0 aromatic carbocycles. The van der Waals surface area contributed by atoms with E-state index in [4.69, 9.17) is 5.11 Å². The molecular weight excluding hydrogens is 226 g/mol. The lowest BCUT2D eigenvalue weighted by Gasteiger charge is -2.19. The summed E-state index contributed by atoms with van der Waals surface area (Å²) in [6.45, 7) is 1.18. The average molecular weight is 245 g/mol. The van der Waals surface area contributed by atoms with Crippen LogP contribution in [-0.4, -0.2) is 67.0 Å². The van der Waals surface area contributed by atoms with Crippen LogP contribution < -0.4 is 5.32 Å². The highest BCUT2D eigenvalue weighted by Gasteiger charge is 2.13. The summed E-state index contributed by atoms with van der Waals surface area (Å²) in [7, 11) is 5.33. The van der Waals surface area contributed by atoms with Gasteiger partial charge in [-0.3, -0.25) is 14.9 Å². The lowest BCUT2D eigenvalue weighted by Crippen LogP contribution is -2.43. The summed E-state index contributed by atoms with van der Waals surface area (Å²) in [6.07, 6.45) is -0.469. The van der Waals surface area contributed by atoms with E-state index in [1.54, 1.807) is 7.05 Å². The lowest BCUT2D eigenvalue weighted by molar-refractivity contribution is -0.138. The summed E-state index contributed by atoms with van der Waals surface area (Å²) in [5.41, 5.74) is 0. The van der Waals surface area contributed by atoms with Crippen LogP contribution in [0.3, 0.4) is 0 Å². The highest BCUT2D eigenvalue weighted by atomic mass is 16.4. The third-order valence-corrected chi connectivity index (χ3v) is 2.04. The predicted molar refractivity (Wildman–Crippen MR) is 61.6 cm³/mol. The summed E-state index contributed by atoms with van der Waals surface area (Å²) in [4.78, 5) is 36.1. The lowest BCUT2D eigenvalue weighted by atomic mass is 10.3. The van der Waals surface area contributed by atoms with E-state index in [0.29, 0.717) is 13.1 Å². The zero-order chi connectivity index (χ0) is 13.4. The number of amides is 3. The predicted octanol–water partition coefficient (Wildman–Crippen LogP) is -0.419. The number of nitrogens with zero attached hydrogens (tertiary/aromatic N) is 2. The van der Waals surface area contributed by atoms with E-state index in [-0.39, 0.29) is 12.8 Å². The van der Waals surface area contributed by atoms with E-state index in [1.165, 1.54) is 4.90 Å². The van der Waals surface area contributed by atoms with E-state index >= 15 is 0 Å². The number of imide groups is 1. The van der Waals surface area contributed by atoms with Gasteiger partial charge in [-0.2, -0.15) is 0 Å². The minimum absolute atomic E-state index is 0.192. The zero-order valence-corrected chi connectivity index (χ0v) is 10.4. The number of aliphatic carboxylic acids is 1. The molecule has 0 saturated carbocycles. The molecule has 0 aliphatic heterocycles. The van der Waals surface area contributed by atoms with Crippen molar-refractivity contribution in [3.63, 3.8) is 0 Å². The molecule has 0 spiro atoms. The minimum Gasteiger partial charge on any atom is -0.481 e. The van der Waals surface area contributed by atoms with Crippen LogP contribution in [0.5, 0.6) is 0 Å². The molecule has 0 aliphatic carbocycles. The van der Waals surface area contributed by atoms with Crippen molar-refractivity contribution in [2.24, 2.45) is 0 Å². The molecule has 0 aliphatic rings. The molecule has 0 rings (SSSR count). The monoisotopic (exact) mass is 245 g/mol. The first kappa shape index (κ1) is 15.4. The molecule has 0 fully saturated rings. The van der Waals surface area contributed by atoms with Crippen LogP contribution in [0, 0.1) is 0 Å². The van der Waals surface area contributed by atoms with Crippen molar-refractivity contribution in [2.75, 3.05) is 34.2 Å². The first-order chi connectivity index (χ1) is 7.82. The van der Waals surface area contributed by atoms with Crippen molar-refractivity contribution in [3.8, 4) is 0 Å². The third-order valence-electron chi connectivity index (χ3n) is 2.04. The van der Waals surface area contributed by atoms with Crippen molar-refractivity contribution < 1.29 is 19.5 Å². The van der Waals surface area contributed by atoms with Crippen molar-refractivity contribution in [1.29, 1.82) is 0 Å². The zero-order valence-electron chi connectivity index (χ0n) is 10.4. The van der Waals surface area contributed by atoms with Crippen molar-refractivity contribution in [1.82, 2.24) is 15.1 Å². The molecular formula is C10H19N3O4. The Bertz CT molecular complexity index is 291. The van der Waals surface area contributed by atoms with E-state index in [2.05, 4.69) is 5.32 Å². The maximum atomic E-state index is 11.4. The SMILES string of the molecule is CN(C)CCN(C)C(=O)NC(=O)CCC(=O)O. The van der Waals surface area contributed by atoms with Gasteiger partial charge in [-0.25, -0.2) is 4.79 Å². The van der Waals surface area contributed by atoms with Gasteiger partial charge in [0, 0.05) is 26.6 Å². The van der Waals surface area contributed by atoms with Gasteiger partial charge in [0.05, 0.1) is 6.42 Å². The summed E-state index contributed by atoms with van der Waals surface area (Å²) in [5, 5.41) is 10.5. The number of likely N-dealkylation sites (N-methyl/N-ethyl adjacent to an activating group) is 2. The number of carboxylic acid groups (broad SMARTS) is 1. The number of urea groups is 1. The van der Waals surface area contributed by atoms with Crippen LogP contribution in [0.1, 0.15) is 12.8 Å². The highest BCUT2D eigenvalue weighted by molar-refractivity contribution is 5.95. The molecule has 0 aromatic rings. The fraction of sp³-hybridized carbons (Fsp3) is 0.700. The van der Waals surface area contributed by atoms with Gasteiger partial charge in [0.15, 0.2) is 0 Å². The third kappa shape index (κ3) is 8.21. The minimum atomic E-state index is -1.06. The Hall–Kier alpha value is -1.63. The van der Waals surface area contributed by atoms with Gasteiger partial charge in [-0.1, -0.05) is 0 Å². The standard InChI is InChI=1S/C10H19N3O4/c1-12(2)6-7-13(3)10(17)11-8(14)4-5-9(15)16/h4-7H2,1-3H3,(H,15,16)(H,11,14,17). The molecule has 7 nitrogen and oxygen atoms in total. The highest BCUT2D eigenvalue weighted by Crippen LogP contribution is 1.91. The number of rotatable bonds is 6. The van der Waals surface area contributed by atoms with E-state index < -0.39 is 17.9 Å². The smallest absolute Gasteiger partial charge is 0.323 e. The van der Waals surface area contributed by atoms with E-state index in [0.717, 1.165) is 0 Å². The Morgan fingerprint density at radius 1 is 1.06 bits per heavy atom. The molecule has 2 N–H and O–H groups in total. The Kier molecular flexibility index (Phi) is 6.88.